The quantitative estimate of drug-likeness (QED) is 0.0212. The van der Waals surface area contributed by atoms with Crippen molar-refractivity contribution in [2.24, 2.45) is 0 Å². The average molecular weight is 1130 g/mol. The fraction of sp³-hybridized carbons (Fsp3) is 0.826. The Bertz CT molecular complexity index is 1540. The van der Waals surface area contributed by atoms with Crippen LogP contribution in [-0.2, 0) is 27.9 Å². The van der Waals surface area contributed by atoms with E-state index < -0.39 is 26.6 Å². The molecule has 462 valence electrons. The largest absolute Gasteiger partial charge is 0.756 e. The van der Waals surface area contributed by atoms with Gasteiger partial charge in [-0.3, -0.25) is 14.2 Å². The van der Waals surface area contributed by atoms with Crippen molar-refractivity contribution < 1.29 is 37.3 Å². The minimum atomic E-state index is -4.71. The molecule has 79 heavy (non-hydrogen) atoms. The number of allylic oxidation sites excluding steroid dienone is 9. The third kappa shape index (κ3) is 60.1. The van der Waals surface area contributed by atoms with Gasteiger partial charge in [-0.1, -0.05) is 268 Å². The number of unbranched alkanes of at least 4 members (excludes halogenated alkanes) is 37. The van der Waals surface area contributed by atoms with Gasteiger partial charge in [-0.25, -0.2) is 0 Å². The van der Waals surface area contributed by atoms with E-state index in [4.69, 9.17) is 13.8 Å². The zero-order valence-electron chi connectivity index (χ0n) is 52.8. The Kier molecular flexibility index (Phi) is 57.2. The number of ether oxygens (including phenoxy) is 1. The number of nitrogens with zero attached hydrogens (tertiary/aromatic N) is 1. The molecule has 0 saturated heterocycles. The maximum absolute atomic E-state index is 13.6. The SMILES string of the molecule is CCCCC/C=C\C/C=C\C/C=C\CCCCCCCCC(=O)NC(COP(=O)([O-])OCC[N+](C)(C)C)C(/C=C/CCCCCCCCCCCCC)OC(=O)CCCCCCCCCCCCC/C=C/CCCCCCCC. The van der Waals surface area contributed by atoms with E-state index in [1.165, 1.54) is 186 Å². The van der Waals surface area contributed by atoms with E-state index >= 15 is 0 Å². The van der Waals surface area contributed by atoms with Crippen LogP contribution >= 0.6 is 7.82 Å². The first kappa shape index (κ1) is 76.7. The van der Waals surface area contributed by atoms with E-state index in [9.17, 15) is 19.0 Å². The van der Waals surface area contributed by atoms with Crippen LogP contribution in [0.3, 0.4) is 0 Å². The van der Waals surface area contributed by atoms with Gasteiger partial charge in [0.25, 0.3) is 7.82 Å². The Morgan fingerprint density at radius 2 is 0.772 bits per heavy atom. The van der Waals surface area contributed by atoms with Gasteiger partial charge in [-0.15, -0.1) is 0 Å². The number of amides is 1. The van der Waals surface area contributed by atoms with Crippen LogP contribution in [0, 0.1) is 0 Å². The lowest BCUT2D eigenvalue weighted by Crippen LogP contribution is -2.47. The first-order chi connectivity index (χ1) is 38.4. The first-order valence-electron chi connectivity index (χ1n) is 33.6. The highest BCUT2D eigenvalue weighted by Gasteiger charge is 2.27. The average Bonchev–Trinajstić information content (AvgIpc) is 3.41. The van der Waals surface area contributed by atoms with E-state index in [0.717, 1.165) is 96.3 Å². The molecule has 0 aliphatic rings. The molecule has 10 heteroatoms. The number of rotatable bonds is 61. The van der Waals surface area contributed by atoms with Gasteiger partial charge in [-0.05, 0) is 96.0 Å². The number of carbonyl (C=O) groups excluding carboxylic acids is 2. The summed E-state index contributed by atoms with van der Waals surface area (Å²) in [6.45, 7) is 6.83. The summed E-state index contributed by atoms with van der Waals surface area (Å²) in [6, 6.07) is -0.897. The minimum absolute atomic E-state index is 0.0257. The minimum Gasteiger partial charge on any atom is -0.756 e. The van der Waals surface area contributed by atoms with Crippen LogP contribution < -0.4 is 10.2 Å². The number of phosphoric acid groups is 1. The topological polar surface area (TPSA) is 114 Å². The standard InChI is InChI=1S/C69H129N2O7P/c1-7-10-13-16-19-22-25-28-30-32-34-35-37-39-41-44-47-50-53-56-59-62-69(73)78-67(60-57-54-51-48-45-42-27-24-21-18-15-12-9-3)66(65-77-79(74,75)76-64-63-71(4,5)6)70-68(72)61-58-55-52-49-46-43-40-38-36-33-31-29-26-23-20-17-14-11-8-2/h20,23,28-31,36,38,57,60,66-67H,7-19,21-22,24-27,32-35,37,39-56,58-59,61-65H2,1-6H3,(H-,70,72,74,75)/b23-20-,30-28+,31-29-,38-36-,60-57+. The predicted molar refractivity (Wildman–Crippen MR) is 339 cm³/mol. The molecule has 0 aliphatic heterocycles. The van der Waals surface area contributed by atoms with Gasteiger partial charge >= 0.3 is 5.97 Å². The molecule has 0 rings (SSSR count). The summed E-state index contributed by atoms with van der Waals surface area (Å²) in [6.07, 6.45) is 74.7. The van der Waals surface area contributed by atoms with E-state index in [0.29, 0.717) is 17.4 Å². The molecule has 1 N–H and O–H groups in total. The van der Waals surface area contributed by atoms with Crippen molar-refractivity contribution >= 4 is 19.7 Å². The molecule has 0 saturated carbocycles. The van der Waals surface area contributed by atoms with E-state index in [2.05, 4.69) is 74.7 Å². The summed E-state index contributed by atoms with van der Waals surface area (Å²) in [4.78, 5) is 40.1. The monoisotopic (exact) mass is 1130 g/mol. The van der Waals surface area contributed by atoms with Gasteiger partial charge in [0.05, 0.1) is 33.8 Å². The van der Waals surface area contributed by atoms with Crippen LogP contribution in [0.5, 0.6) is 0 Å². The lowest BCUT2D eigenvalue weighted by molar-refractivity contribution is -0.870. The van der Waals surface area contributed by atoms with Gasteiger partial charge in [0.1, 0.15) is 19.3 Å². The third-order valence-corrected chi connectivity index (χ3v) is 15.9. The number of quaternary nitrogens is 1. The highest BCUT2D eigenvalue weighted by Crippen LogP contribution is 2.38. The molecule has 0 spiro atoms. The van der Waals surface area contributed by atoms with Crippen LogP contribution in [0.15, 0.2) is 60.8 Å². The maximum Gasteiger partial charge on any atom is 0.306 e. The van der Waals surface area contributed by atoms with Crippen molar-refractivity contribution in [3.8, 4) is 0 Å². The number of esters is 1. The molecule has 1 amide bonds. The second-order valence-corrected chi connectivity index (χ2v) is 25.4. The molecule has 3 atom stereocenters. The Morgan fingerprint density at radius 3 is 1.19 bits per heavy atom. The zero-order valence-corrected chi connectivity index (χ0v) is 53.7. The molecule has 0 aliphatic carbocycles. The van der Waals surface area contributed by atoms with E-state index in [-0.39, 0.29) is 24.9 Å². The fourth-order valence-electron chi connectivity index (χ4n) is 9.70. The van der Waals surface area contributed by atoms with Crippen molar-refractivity contribution in [3.05, 3.63) is 60.8 Å². The predicted octanol–water partition coefficient (Wildman–Crippen LogP) is 20.4. The number of likely N-dealkylation sites (N-methyl/N-ethyl adjacent to an activating group) is 1. The smallest absolute Gasteiger partial charge is 0.306 e. The molecule has 0 aromatic rings. The van der Waals surface area contributed by atoms with Crippen LogP contribution in [0.2, 0.25) is 0 Å². The van der Waals surface area contributed by atoms with Crippen molar-refractivity contribution in [1.82, 2.24) is 5.32 Å². The van der Waals surface area contributed by atoms with Gasteiger partial charge < -0.3 is 28.5 Å². The van der Waals surface area contributed by atoms with Crippen LogP contribution in [0.4, 0.5) is 0 Å². The molecule has 0 aromatic heterocycles. The van der Waals surface area contributed by atoms with Crippen LogP contribution in [-0.4, -0.2) is 69.4 Å². The fourth-order valence-corrected chi connectivity index (χ4v) is 10.4. The lowest BCUT2D eigenvalue weighted by Gasteiger charge is -2.30. The highest BCUT2D eigenvalue weighted by molar-refractivity contribution is 7.45. The Hall–Kier alpha value is -2.29. The van der Waals surface area contributed by atoms with Gasteiger partial charge in [0.2, 0.25) is 5.91 Å². The number of hydrogen-bond acceptors (Lipinski definition) is 7. The molecule has 0 fully saturated rings. The summed E-state index contributed by atoms with van der Waals surface area (Å²) >= 11 is 0. The Morgan fingerprint density at radius 1 is 0.443 bits per heavy atom. The molecular weight excluding hydrogens is 1000 g/mol. The molecule has 3 unspecified atom stereocenters. The van der Waals surface area contributed by atoms with Crippen LogP contribution in [0.25, 0.3) is 0 Å². The zero-order chi connectivity index (χ0) is 57.9. The maximum atomic E-state index is 13.6. The first-order valence-corrected chi connectivity index (χ1v) is 35.1. The summed E-state index contributed by atoms with van der Waals surface area (Å²) in [5.74, 6) is -0.547. The van der Waals surface area contributed by atoms with Gasteiger partial charge in [0, 0.05) is 12.8 Å². The third-order valence-electron chi connectivity index (χ3n) is 14.9. The van der Waals surface area contributed by atoms with Gasteiger partial charge in [-0.2, -0.15) is 0 Å². The summed E-state index contributed by atoms with van der Waals surface area (Å²) in [7, 11) is 1.18. The number of nitrogens with one attached hydrogen (secondary N) is 1. The second kappa shape index (κ2) is 58.9. The van der Waals surface area contributed by atoms with E-state index in [1.54, 1.807) is 0 Å². The molecule has 0 bridgehead atoms. The molecule has 0 heterocycles. The van der Waals surface area contributed by atoms with Crippen molar-refractivity contribution in [1.29, 1.82) is 0 Å². The number of hydrogen-bond donors (Lipinski definition) is 1. The van der Waals surface area contributed by atoms with E-state index in [1.807, 2.05) is 33.3 Å². The number of phosphoric ester groups is 1. The van der Waals surface area contributed by atoms with Crippen LogP contribution in [0.1, 0.15) is 316 Å². The van der Waals surface area contributed by atoms with Crippen molar-refractivity contribution in [2.45, 2.75) is 328 Å². The molecule has 0 radical (unpaired) electrons. The normalized spacial score (nSPS) is 14.0. The number of carbonyl (C=O) groups is 2. The second-order valence-electron chi connectivity index (χ2n) is 24.0. The summed E-state index contributed by atoms with van der Waals surface area (Å²) in [5.41, 5.74) is 0. The molecule has 9 nitrogen and oxygen atoms in total. The molecular formula is C69H129N2O7P. The van der Waals surface area contributed by atoms with Gasteiger partial charge in [0.15, 0.2) is 0 Å². The van der Waals surface area contributed by atoms with Crippen molar-refractivity contribution in [2.75, 3.05) is 40.9 Å². The molecule has 0 aromatic carbocycles. The summed E-state index contributed by atoms with van der Waals surface area (Å²) in [5, 5.41) is 3.03. The Labute approximate surface area is 490 Å². The highest BCUT2D eigenvalue weighted by atomic mass is 31.2. The lowest BCUT2D eigenvalue weighted by atomic mass is 10.0. The van der Waals surface area contributed by atoms with Crippen molar-refractivity contribution in [3.63, 3.8) is 0 Å². The summed E-state index contributed by atoms with van der Waals surface area (Å²) < 4.78 is 30.4. The Balaban J connectivity index is 5.21.